The molecular weight excluding hydrogens is 344 g/mol. The van der Waals surface area contributed by atoms with Gasteiger partial charge in [-0.05, 0) is 44.2 Å². The Morgan fingerprint density at radius 2 is 1.92 bits per heavy atom. The fourth-order valence-corrected chi connectivity index (χ4v) is 3.30. The van der Waals surface area contributed by atoms with Crippen LogP contribution in [0.3, 0.4) is 0 Å². The average Bonchev–Trinajstić information content (AvgIpc) is 2.54. The summed E-state index contributed by atoms with van der Waals surface area (Å²) in [4.78, 5) is 28.9. The third kappa shape index (κ3) is 3.37. The van der Waals surface area contributed by atoms with Crippen molar-refractivity contribution in [2.75, 3.05) is 5.75 Å². The summed E-state index contributed by atoms with van der Waals surface area (Å²) in [5.41, 5.74) is 2.18. The van der Waals surface area contributed by atoms with Gasteiger partial charge in [0.15, 0.2) is 5.16 Å². The summed E-state index contributed by atoms with van der Waals surface area (Å²) in [6.07, 6.45) is 0. The number of aryl methyl sites for hydroxylation is 1. The number of carbonyl (C=O) groups excluding carboxylic acids is 1. The van der Waals surface area contributed by atoms with Gasteiger partial charge >= 0.3 is 0 Å². The summed E-state index contributed by atoms with van der Waals surface area (Å²) in [7, 11) is 0. The van der Waals surface area contributed by atoms with Gasteiger partial charge in [0.2, 0.25) is 0 Å². The molecule has 0 unspecified atom stereocenters. The summed E-state index contributed by atoms with van der Waals surface area (Å²) >= 11 is 7.26. The third-order valence-electron chi connectivity index (χ3n) is 3.50. The Bertz CT molecular complexity index is 981. The topological polar surface area (TPSA) is 52.0 Å². The molecule has 122 valence electrons. The molecule has 0 spiro atoms. The molecule has 0 bridgehead atoms. The first-order chi connectivity index (χ1) is 11.5. The smallest absolute Gasteiger partial charge is 0.266 e. The van der Waals surface area contributed by atoms with Gasteiger partial charge < -0.3 is 0 Å². The van der Waals surface area contributed by atoms with Gasteiger partial charge in [0.1, 0.15) is 5.78 Å². The highest BCUT2D eigenvalue weighted by molar-refractivity contribution is 7.99. The van der Waals surface area contributed by atoms with E-state index in [0.29, 0.717) is 21.1 Å². The van der Waals surface area contributed by atoms with Crippen LogP contribution in [0.1, 0.15) is 12.5 Å². The summed E-state index contributed by atoms with van der Waals surface area (Å²) in [5, 5.41) is 1.49. The van der Waals surface area contributed by atoms with Crippen molar-refractivity contribution >= 4 is 40.0 Å². The minimum Gasteiger partial charge on any atom is -0.299 e. The van der Waals surface area contributed by atoms with E-state index in [1.54, 1.807) is 22.8 Å². The lowest BCUT2D eigenvalue weighted by Gasteiger charge is -2.13. The number of halogens is 1. The minimum atomic E-state index is -0.174. The van der Waals surface area contributed by atoms with E-state index in [4.69, 9.17) is 11.6 Å². The molecule has 0 amide bonds. The molecule has 3 aromatic rings. The largest absolute Gasteiger partial charge is 0.299 e. The van der Waals surface area contributed by atoms with Crippen LogP contribution in [-0.2, 0) is 4.79 Å². The number of fused-ring (bicyclic) bond motifs is 1. The molecule has 0 saturated heterocycles. The molecule has 2 aromatic carbocycles. The average molecular weight is 359 g/mol. The Hall–Kier alpha value is -2.11. The standard InChI is InChI=1S/C18H15ClN2O2S/c1-11-3-6-14(7-4-11)21-17(23)15-8-5-13(19)9-16(15)20-18(21)24-10-12(2)22/h3-9H,10H2,1-2H3. The molecule has 0 radical (unpaired) electrons. The number of thioether (sulfide) groups is 1. The number of carbonyl (C=O) groups is 1. The lowest BCUT2D eigenvalue weighted by atomic mass is 10.2. The molecule has 4 nitrogen and oxygen atoms in total. The minimum absolute atomic E-state index is 0.0240. The van der Waals surface area contributed by atoms with Crippen LogP contribution >= 0.6 is 23.4 Å². The molecule has 1 heterocycles. The van der Waals surface area contributed by atoms with Gasteiger partial charge in [0, 0.05) is 5.02 Å². The van der Waals surface area contributed by atoms with Gasteiger partial charge in [0.05, 0.1) is 22.3 Å². The Kier molecular flexibility index (Phi) is 4.73. The van der Waals surface area contributed by atoms with E-state index >= 15 is 0 Å². The number of benzene rings is 2. The quantitative estimate of drug-likeness (QED) is 0.522. The van der Waals surface area contributed by atoms with Crippen LogP contribution in [0.25, 0.3) is 16.6 Å². The SMILES string of the molecule is CC(=O)CSc1nc2cc(Cl)ccc2c(=O)n1-c1ccc(C)cc1. The van der Waals surface area contributed by atoms with Crippen molar-refractivity contribution < 1.29 is 4.79 Å². The normalized spacial score (nSPS) is 11.0. The van der Waals surface area contributed by atoms with Crippen molar-refractivity contribution in [1.82, 2.24) is 9.55 Å². The van der Waals surface area contributed by atoms with Gasteiger partial charge in [-0.25, -0.2) is 4.98 Å². The fourth-order valence-electron chi connectivity index (χ4n) is 2.32. The van der Waals surface area contributed by atoms with Crippen LogP contribution < -0.4 is 5.56 Å². The van der Waals surface area contributed by atoms with Gasteiger partial charge in [-0.1, -0.05) is 41.1 Å². The van der Waals surface area contributed by atoms with Crippen LogP contribution in [0.4, 0.5) is 0 Å². The molecule has 0 N–H and O–H groups in total. The number of hydrogen-bond donors (Lipinski definition) is 0. The van der Waals surface area contributed by atoms with Crippen LogP contribution in [0.2, 0.25) is 5.02 Å². The van der Waals surface area contributed by atoms with Crippen molar-refractivity contribution in [3.8, 4) is 5.69 Å². The number of ketones is 1. The summed E-state index contributed by atoms with van der Waals surface area (Å²) in [6.45, 7) is 3.50. The maximum atomic E-state index is 13.0. The highest BCUT2D eigenvalue weighted by atomic mass is 35.5. The number of aromatic nitrogens is 2. The first-order valence-electron chi connectivity index (χ1n) is 7.37. The van der Waals surface area contributed by atoms with Gasteiger partial charge in [-0.2, -0.15) is 0 Å². The third-order valence-corrected chi connectivity index (χ3v) is 4.82. The van der Waals surface area contributed by atoms with Crippen LogP contribution in [0.15, 0.2) is 52.4 Å². The van der Waals surface area contributed by atoms with Crippen molar-refractivity contribution in [2.45, 2.75) is 19.0 Å². The first kappa shape index (κ1) is 16.7. The lowest BCUT2D eigenvalue weighted by Crippen LogP contribution is -2.22. The Balaban J connectivity index is 2.27. The van der Waals surface area contributed by atoms with E-state index in [0.717, 1.165) is 11.3 Å². The summed E-state index contributed by atoms with van der Waals surface area (Å²) in [6, 6.07) is 12.6. The molecule has 0 saturated carbocycles. The molecular formula is C18H15ClN2O2S. The maximum absolute atomic E-state index is 13.0. The van der Waals surface area contributed by atoms with E-state index < -0.39 is 0 Å². The molecule has 0 fully saturated rings. The zero-order valence-electron chi connectivity index (χ0n) is 13.2. The fraction of sp³-hybridized carbons (Fsp3) is 0.167. The van der Waals surface area contributed by atoms with Gasteiger partial charge in [0.25, 0.3) is 5.56 Å². The van der Waals surface area contributed by atoms with Gasteiger partial charge in [-0.15, -0.1) is 0 Å². The monoisotopic (exact) mass is 358 g/mol. The van der Waals surface area contributed by atoms with Crippen molar-refractivity contribution in [1.29, 1.82) is 0 Å². The Labute approximate surface area is 148 Å². The summed E-state index contributed by atoms with van der Waals surface area (Å²) in [5.74, 6) is 0.278. The maximum Gasteiger partial charge on any atom is 0.266 e. The van der Waals surface area contributed by atoms with Crippen LogP contribution in [0.5, 0.6) is 0 Å². The van der Waals surface area contributed by atoms with E-state index in [-0.39, 0.29) is 17.1 Å². The molecule has 0 aliphatic heterocycles. The molecule has 0 aliphatic rings. The second kappa shape index (κ2) is 6.79. The molecule has 0 atom stereocenters. The highest BCUT2D eigenvalue weighted by Crippen LogP contribution is 2.23. The van der Waals surface area contributed by atoms with Crippen molar-refractivity contribution in [3.63, 3.8) is 0 Å². The Morgan fingerprint density at radius 1 is 1.21 bits per heavy atom. The Morgan fingerprint density at radius 3 is 2.58 bits per heavy atom. The van der Waals surface area contributed by atoms with E-state index in [2.05, 4.69) is 4.98 Å². The van der Waals surface area contributed by atoms with E-state index in [9.17, 15) is 9.59 Å². The predicted molar refractivity (Wildman–Crippen MR) is 98.5 cm³/mol. The molecule has 24 heavy (non-hydrogen) atoms. The summed E-state index contributed by atoms with van der Waals surface area (Å²) < 4.78 is 1.54. The van der Waals surface area contributed by atoms with Crippen molar-refractivity contribution in [2.24, 2.45) is 0 Å². The number of hydrogen-bond acceptors (Lipinski definition) is 4. The predicted octanol–water partition coefficient (Wildman–Crippen LogP) is 4.03. The van der Waals surface area contributed by atoms with E-state index in [1.165, 1.54) is 18.7 Å². The molecule has 3 rings (SSSR count). The second-order valence-corrected chi connectivity index (χ2v) is 6.90. The first-order valence-corrected chi connectivity index (χ1v) is 8.73. The number of nitrogens with zero attached hydrogens (tertiary/aromatic N) is 2. The highest BCUT2D eigenvalue weighted by Gasteiger charge is 2.14. The number of rotatable bonds is 4. The zero-order chi connectivity index (χ0) is 17.3. The molecule has 0 aliphatic carbocycles. The van der Waals surface area contributed by atoms with Crippen molar-refractivity contribution in [3.05, 3.63) is 63.4 Å². The molecule has 1 aromatic heterocycles. The zero-order valence-corrected chi connectivity index (χ0v) is 14.8. The second-order valence-electron chi connectivity index (χ2n) is 5.52. The van der Waals surface area contributed by atoms with Crippen LogP contribution in [-0.4, -0.2) is 21.1 Å². The van der Waals surface area contributed by atoms with E-state index in [1.807, 2.05) is 31.2 Å². The lowest BCUT2D eigenvalue weighted by molar-refractivity contribution is -0.114. The molecule has 6 heteroatoms. The van der Waals surface area contributed by atoms with Crippen LogP contribution in [0, 0.1) is 6.92 Å². The van der Waals surface area contributed by atoms with Gasteiger partial charge in [-0.3, -0.25) is 14.2 Å². The number of Topliss-reactive ketones (excluding diaryl/α,β-unsaturated/α-hetero) is 1.